The van der Waals surface area contributed by atoms with Gasteiger partial charge in [0.05, 0.1) is 24.4 Å². The largest absolute Gasteiger partial charge is 0.388 e. The van der Waals surface area contributed by atoms with Crippen molar-refractivity contribution in [1.29, 1.82) is 0 Å². The summed E-state index contributed by atoms with van der Waals surface area (Å²) in [5.41, 5.74) is 6.37. The molecule has 4 nitrogen and oxygen atoms in total. The molecule has 2 heterocycles. The maximum Gasteiger partial charge on any atom is 0.129 e. The second kappa shape index (κ2) is 5.43. The first-order chi connectivity index (χ1) is 9.25. The topological polar surface area (TPSA) is 51.4 Å². The molecule has 2 unspecified atom stereocenters. The summed E-state index contributed by atoms with van der Waals surface area (Å²) in [4.78, 5) is 7.32. The lowest BCUT2D eigenvalue weighted by Crippen LogP contribution is -2.53. The van der Waals surface area contributed by atoms with Crippen LogP contribution in [0.15, 0.2) is 18.2 Å². The minimum absolute atomic E-state index is 0.357. The zero-order valence-electron chi connectivity index (χ0n) is 10.9. The molecule has 0 radical (unpaired) electrons. The van der Waals surface area contributed by atoms with Crippen molar-refractivity contribution in [2.75, 3.05) is 18.1 Å². The minimum Gasteiger partial charge on any atom is -0.388 e. The third-order valence-corrected chi connectivity index (χ3v) is 4.22. The van der Waals surface area contributed by atoms with E-state index >= 15 is 0 Å². The maximum atomic E-state index is 5.89. The van der Waals surface area contributed by atoms with E-state index in [1.807, 2.05) is 18.2 Å². The summed E-state index contributed by atoms with van der Waals surface area (Å²) >= 11 is 5.01. The Morgan fingerprint density at radius 2 is 2.21 bits per heavy atom. The van der Waals surface area contributed by atoms with Crippen LogP contribution in [0.25, 0.3) is 0 Å². The first-order valence-electron chi connectivity index (χ1n) is 6.91. The molecule has 5 heteroatoms. The molecule has 1 aromatic rings. The number of nitrogens with zero attached hydrogens (tertiary/aromatic N) is 2. The van der Waals surface area contributed by atoms with Crippen LogP contribution in [0.3, 0.4) is 0 Å². The normalized spacial score (nSPS) is 26.8. The predicted octanol–water partition coefficient (Wildman–Crippen LogP) is 1.86. The van der Waals surface area contributed by atoms with Gasteiger partial charge in [-0.3, -0.25) is 0 Å². The van der Waals surface area contributed by atoms with Crippen molar-refractivity contribution in [1.82, 2.24) is 4.98 Å². The summed E-state index contributed by atoms with van der Waals surface area (Å²) in [6, 6.07) is 6.34. The molecule has 0 aromatic carbocycles. The van der Waals surface area contributed by atoms with Gasteiger partial charge in [-0.05, 0) is 25.0 Å². The summed E-state index contributed by atoms with van der Waals surface area (Å²) in [7, 11) is 0. The van der Waals surface area contributed by atoms with Gasteiger partial charge in [0, 0.05) is 6.54 Å². The molecule has 0 bridgehead atoms. The molecule has 2 fully saturated rings. The lowest BCUT2D eigenvalue weighted by molar-refractivity contribution is -0.00898. The Kier molecular flexibility index (Phi) is 3.66. The van der Waals surface area contributed by atoms with Gasteiger partial charge in [-0.2, -0.15) is 0 Å². The predicted molar refractivity (Wildman–Crippen MR) is 79.5 cm³/mol. The summed E-state index contributed by atoms with van der Waals surface area (Å²) < 4.78 is 5.89. The van der Waals surface area contributed by atoms with Crippen molar-refractivity contribution in [3.8, 4) is 0 Å². The van der Waals surface area contributed by atoms with Gasteiger partial charge in [-0.1, -0.05) is 31.1 Å². The van der Waals surface area contributed by atoms with Gasteiger partial charge >= 0.3 is 0 Å². The molecule has 0 spiro atoms. The molecule has 3 rings (SSSR count). The number of hydrogen-bond acceptors (Lipinski definition) is 4. The van der Waals surface area contributed by atoms with Gasteiger partial charge in [-0.15, -0.1) is 0 Å². The number of morpholine rings is 1. The highest BCUT2D eigenvalue weighted by Gasteiger charge is 2.34. The van der Waals surface area contributed by atoms with E-state index in [0.717, 1.165) is 25.4 Å². The van der Waals surface area contributed by atoms with Crippen LogP contribution in [0.1, 0.15) is 31.4 Å². The van der Waals surface area contributed by atoms with Crippen molar-refractivity contribution in [3.63, 3.8) is 0 Å². The van der Waals surface area contributed by atoms with E-state index in [-0.39, 0.29) is 0 Å². The highest BCUT2D eigenvalue weighted by molar-refractivity contribution is 7.80. The Morgan fingerprint density at radius 1 is 1.37 bits per heavy atom. The average Bonchev–Trinajstić information content (AvgIpc) is 2.47. The molecule has 2 aliphatic rings. The average molecular weight is 277 g/mol. The molecular weight excluding hydrogens is 258 g/mol. The third-order valence-electron chi connectivity index (χ3n) is 4.01. The van der Waals surface area contributed by atoms with E-state index in [1.54, 1.807) is 0 Å². The number of anilines is 1. The minimum atomic E-state index is 0.357. The smallest absolute Gasteiger partial charge is 0.129 e. The highest BCUT2D eigenvalue weighted by atomic mass is 32.1. The molecule has 2 atom stereocenters. The quantitative estimate of drug-likeness (QED) is 0.836. The lowest BCUT2D eigenvalue weighted by Gasteiger charge is -2.44. The Balaban J connectivity index is 1.87. The summed E-state index contributed by atoms with van der Waals surface area (Å²) in [6.45, 7) is 1.68. The number of rotatable bonds is 2. The SMILES string of the molecule is NC(=S)c1cccc(N2CCOC3CCCCC32)n1. The molecule has 19 heavy (non-hydrogen) atoms. The summed E-state index contributed by atoms with van der Waals surface area (Å²) in [5, 5.41) is 0. The van der Waals surface area contributed by atoms with Crippen LogP contribution < -0.4 is 10.6 Å². The van der Waals surface area contributed by atoms with Crippen LogP contribution in [-0.4, -0.2) is 35.3 Å². The van der Waals surface area contributed by atoms with Crippen molar-refractivity contribution < 1.29 is 4.74 Å². The molecule has 1 aliphatic heterocycles. The van der Waals surface area contributed by atoms with Crippen LogP contribution >= 0.6 is 12.2 Å². The number of fused-ring (bicyclic) bond motifs is 1. The van der Waals surface area contributed by atoms with Gasteiger partial charge in [-0.25, -0.2) is 4.98 Å². The molecule has 1 saturated heterocycles. The van der Waals surface area contributed by atoms with Gasteiger partial charge in [0.2, 0.25) is 0 Å². The van der Waals surface area contributed by atoms with Crippen LogP contribution in [0.5, 0.6) is 0 Å². The third kappa shape index (κ3) is 2.58. The fourth-order valence-electron chi connectivity index (χ4n) is 3.10. The van der Waals surface area contributed by atoms with Crippen molar-refractivity contribution in [3.05, 3.63) is 23.9 Å². The van der Waals surface area contributed by atoms with Crippen LogP contribution in [0.2, 0.25) is 0 Å². The zero-order valence-corrected chi connectivity index (χ0v) is 11.7. The monoisotopic (exact) mass is 277 g/mol. The van der Waals surface area contributed by atoms with Crippen LogP contribution in [0.4, 0.5) is 5.82 Å². The van der Waals surface area contributed by atoms with Crippen molar-refractivity contribution in [2.45, 2.75) is 37.8 Å². The number of ether oxygens (including phenoxy) is 1. The van der Waals surface area contributed by atoms with E-state index < -0.39 is 0 Å². The molecule has 2 N–H and O–H groups in total. The standard InChI is InChI=1S/C14H19N3OS/c15-14(19)10-4-3-7-13(16-10)17-8-9-18-12-6-2-1-5-11(12)17/h3-4,7,11-12H,1-2,5-6,8-9H2,(H2,15,19). The van der Waals surface area contributed by atoms with E-state index in [1.165, 1.54) is 19.3 Å². The maximum absolute atomic E-state index is 5.89. The van der Waals surface area contributed by atoms with Gasteiger partial charge < -0.3 is 15.4 Å². The van der Waals surface area contributed by atoms with E-state index in [2.05, 4.69) is 9.88 Å². The number of thiocarbonyl (C=S) groups is 1. The summed E-state index contributed by atoms with van der Waals surface area (Å²) in [5.74, 6) is 0.977. The molecule has 0 amide bonds. The first-order valence-corrected chi connectivity index (χ1v) is 7.31. The van der Waals surface area contributed by atoms with Gasteiger partial charge in [0.15, 0.2) is 0 Å². The Labute approximate surface area is 118 Å². The molecule has 1 aliphatic carbocycles. The Bertz CT molecular complexity index is 478. The number of aromatic nitrogens is 1. The van der Waals surface area contributed by atoms with E-state index in [0.29, 0.717) is 22.8 Å². The van der Waals surface area contributed by atoms with E-state index in [9.17, 15) is 0 Å². The fraction of sp³-hybridized carbons (Fsp3) is 0.571. The Morgan fingerprint density at radius 3 is 3.05 bits per heavy atom. The van der Waals surface area contributed by atoms with Gasteiger partial charge in [0.1, 0.15) is 10.8 Å². The van der Waals surface area contributed by atoms with Crippen LogP contribution in [0, 0.1) is 0 Å². The van der Waals surface area contributed by atoms with Crippen LogP contribution in [-0.2, 0) is 4.74 Å². The number of nitrogens with two attached hydrogens (primary N) is 1. The lowest BCUT2D eigenvalue weighted by atomic mass is 9.90. The number of hydrogen-bond donors (Lipinski definition) is 1. The van der Waals surface area contributed by atoms with Gasteiger partial charge in [0.25, 0.3) is 0 Å². The second-order valence-electron chi connectivity index (χ2n) is 5.20. The number of pyridine rings is 1. The molecule has 1 saturated carbocycles. The second-order valence-corrected chi connectivity index (χ2v) is 5.64. The fourth-order valence-corrected chi connectivity index (χ4v) is 3.22. The zero-order chi connectivity index (χ0) is 13.2. The Hall–Kier alpha value is -1.20. The van der Waals surface area contributed by atoms with E-state index in [4.69, 9.17) is 22.7 Å². The first kappa shape index (κ1) is 12.8. The van der Waals surface area contributed by atoms with Crippen molar-refractivity contribution in [2.24, 2.45) is 5.73 Å². The molecular formula is C14H19N3OS. The van der Waals surface area contributed by atoms with Crippen molar-refractivity contribution >= 4 is 23.0 Å². The highest BCUT2D eigenvalue weighted by Crippen LogP contribution is 2.31. The molecule has 102 valence electrons. The molecule has 1 aromatic heterocycles. The summed E-state index contributed by atoms with van der Waals surface area (Å²) in [6.07, 6.45) is 5.25.